The maximum absolute atomic E-state index is 12.2. The van der Waals surface area contributed by atoms with Crippen molar-refractivity contribution in [2.75, 3.05) is 42.9 Å². The van der Waals surface area contributed by atoms with Gasteiger partial charge >= 0.3 is 0 Å². The van der Waals surface area contributed by atoms with E-state index < -0.39 is 0 Å². The van der Waals surface area contributed by atoms with Gasteiger partial charge in [-0.25, -0.2) is 9.97 Å². The van der Waals surface area contributed by atoms with Crippen molar-refractivity contribution in [2.45, 2.75) is 45.4 Å². The van der Waals surface area contributed by atoms with E-state index >= 15 is 0 Å². The first-order valence-electron chi connectivity index (χ1n) is 9.35. The van der Waals surface area contributed by atoms with Crippen molar-refractivity contribution in [1.82, 2.24) is 14.9 Å². The van der Waals surface area contributed by atoms with E-state index in [4.69, 9.17) is 0 Å². The van der Waals surface area contributed by atoms with Crippen molar-refractivity contribution in [3.05, 3.63) is 12.4 Å². The van der Waals surface area contributed by atoms with Crippen LogP contribution in [0.2, 0.25) is 0 Å². The summed E-state index contributed by atoms with van der Waals surface area (Å²) < 4.78 is 0. The summed E-state index contributed by atoms with van der Waals surface area (Å²) in [4.78, 5) is 25.3. The van der Waals surface area contributed by atoms with Gasteiger partial charge in [-0.15, -0.1) is 0 Å². The summed E-state index contributed by atoms with van der Waals surface area (Å²) in [5.74, 6) is 2.81. The van der Waals surface area contributed by atoms with Crippen molar-refractivity contribution in [3.8, 4) is 0 Å². The van der Waals surface area contributed by atoms with E-state index in [9.17, 15) is 4.79 Å². The van der Waals surface area contributed by atoms with Crippen LogP contribution >= 0.6 is 0 Å². The largest absolute Gasteiger partial charge is 0.370 e. The Labute approximate surface area is 144 Å². The zero-order valence-corrected chi connectivity index (χ0v) is 14.7. The molecule has 3 heterocycles. The number of nitrogens with one attached hydrogen (secondary N) is 1. The molecule has 0 bridgehead atoms. The molecule has 0 aliphatic carbocycles. The molecule has 1 aromatic rings. The van der Waals surface area contributed by atoms with E-state index in [-0.39, 0.29) is 0 Å². The highest BCUT2D eigenvalue weighted by molar-refractivity contribution is 5.76. The summed E-state index contributed by atoms with van der Waals surface area (Å²) in [7, 11) is 0. The Hall–Kier alpha value is -1.85. The van der Waals surface area contributed by atoms with Crippen LogP contribution in [0.15, 0.2) is 12.4 Å². The maximum Gasteiger partial charge on any atom is 0.222 e. The SMILES string of the molecule is CCNc1cc(N2CCC[C@H](CCC(=O)N3CCCC3)C2)ncn1. The molecular weight excluding hydrogens is 302 g/mol. The van der Waals surface area contributed by atoms with Crippen LogP contribution in [0.25, 0.3) is 0 Å². The monoisotopic (exact) mass is 331 g/mol. The number of hydrogen-bond acceptors (Lipinski definition) is 5. The van der Waals surface area contributed by atoms with Gasteiger partial charge < -0.3 is 15.1 Å². The maximum atomic E-state index is 12.2. The molecular formula is C18H29N5O. The van der Waals surface area contributed by atoms with Gasteiger partial charge in [0.15, 0.2) is 0 Å². The molecule has 1 aromatic heterocycles. The summed E-state index contributed by atoms with van der Waals surface area (Å²) >= 11 is 0. The first kappa shape index (κ1) is 17.0. The van der Waals surface area contributed by atoms with Gasteiger partial charge in [-0.3, -0.25) is 4.79 Å². The van der Waals surface area contributed by atoms with Crippen molar-refractivity contribution in [1.29, 1.82) is 0 Å². The molecule has 0 unspecified atom stereocenters. The Morgan fingerprint density at radius 1 is 1.25 bits per heavy atom. The van der Waals surface area contributed by atoms with Crippen molar-refractivity contribution < 1.29 is 4.79 Å². The average Bonchev–Trinajstić information content (AvgIpc) is 3.15. The van der Waals surface area contributed by atoms with Crippen molar-refractivity contribution in [3.63, 3.8) is 0 Å². The Kier molecular flexibility index (Phi) is 5.88. The van der Waals surface area contributed by atoms with Gasteiger partial charge in [-0.2, -0.15) is 0 Å². The molecule has 6 nitrogen and oxygen atoms in total. The zero-order chi connectivity index (χ0) is 16.8. The number of likely N-dealkylation sites (tertiary alicyclic amines) is 1. The lowest BCUT2D eigenvalue weighted by Gasteiger charge is -2.33. The lowest BCUT2D eigenvalue weighted by molar-refractivity contribution is -0.130. The summed E-state index contributed by atoms with van der Waals surface area (Å²) in [6, 6.07) is 2.03. The number of amides is 1. The highest BCUT2D eigenvalue weighted by Gasteiger charge is 2.24. The molecule has 2 aliphatic heterocycles. The second kappa shape index (κ2) is 8.31. The molecule has 2 aliphatic rings. The average molecular weight is 331 g/mol. The Morgan fingerprint density at radius 3 is 2.88 bits per heavy atom. The first-order chi connectivity index (χ1) is 11.8. The number of piperidine rings is 1. The fourth-order valence-corrected chi connectivity index (χ4v) is 3.76. The number of anilines is 2. The topological polar surface area (TPSA) is 61.4 Å². The zero-order valence-electron chi connectivity index (χ0n) is 14.7. The standard InChI is InChI=1S/C18H29N5O/c1-2-19-16-12-17(21-14-20-16)23-11-5-6-15(13-23)7-8-18(24)22-9-3-4-10-22/h12,14-15H,2-11,13H2,1H3,(H,19,20,21)/t15-/m1/s1. The molecule has 1 atom stereocenters. The summed E-state index contributed by atoms with van der Waals surface area (Å²) in [5, 5.41) is 3.24. The minimum Gasteiger partial charge on any atom is -0.370 e. The second-order valence-electron chi connectivity index (χ2n) is 6.87. The Balaban J connectivity index is 1.52. The van der Waals surface area contributed by atoms with Gasteiger partial charge in [0.25, 0.3) is 0 Å². The molecule has 132 valence electrons. The van der Waals surface area contributed by atoms with E-state index in [0.29, 0.717) is 18.2 Å². The van der Waals surface area contributed by atoms with E-state index in [2.05, 4.69) is 27.1 Å². The van der Waals surface area contributed by atoms with E-state index in [0.717, 1.165) is 50.8 Å². The minimum atomic E-state index is 0.348. The lowest BCUT2D eigenvalue weighted by atomic mass is 9.93. The van der Waals surface area contributed by atoms with Gasteiger partial charge in [-0.05, 0) is 44.9 Å². The van der Waals surface area contributed by atoms with E-state index in [1.54, 1.807) is 6.33 Å². The Morgan fingerprint density at radius 2 is 2.08 bits per heavy atom. The number of aromatic nitrogens is 2. The molecule has 24 heavy (non-hydrogen) atoms. The second-order valence-corrected chi connectivity index (χ2v) is 6.87. The summed E-state index contributed by atoms with van der Waals surface area (Å²) in [6.07, 6.45) is 8.06. The van der Waals surface area contributed by atoms with Crippen LogP contribution in [0.4, 0.5) is 11.6 Å². The van der Waals surface area contributed by atoms with Crippen LogP contribution in [-0.4, -0.2) is 53.5 Å². The van der Waals surface area contributed by atoms with Crippen LogP contribution in [0.3, 0.4) is 0 Å². The molecule has 0 aromatic carbocycles. The van der Waals surface area contributed by atoms with Gasteiger partial charge in [0.1, 0.15) is 18.0 Å². The van der Waals surface area contributed by atoms with Crippen LogP contribution in [0, 0.1) is 5.92 Å². The summed E-state index contributed by atoms with van der Waals surface area (Å²) in [5.41, 5.74) is 0. The number of carbonyl (C=O) groups excluding carboxylic acids is 1. The third kappa shape index (κ3) is 4.36. The quantitative estimate of drug-likeness (QED) is 0.868. The molecule has 1 amide bonds. The Bertz CT molecular complexity index is 544. The predicted molar refractivity (Wildman–Crippen MR) is 96.2 cm³/mol. The molecule has 0 radical (unpaired) electrons. The van der Waals surface area contributed by atoms with Crippen LogP contribution in [0.1, 0.15) is 45.4 Å². The predicted octanol–water partition coefficient (Wildman–Crippen LogP) is 2.53. The fraction of sp³-hybridized carbons (Fsp3) is 0.722. The molecule has 1 N–H and O–H groups in total. The normalized spacial score (nSPS) is 21.1. The number of carbonyl (C=O) groups is 1. The highest BCUT2D eigenvalue weighted by Crippen LogP contribution is 2.26. The molecule has 2 fully saturated rings. The van der Waals surface area contributed by atoms with Crippen LogP contribution < -0.4 is 10.2 Å². The smallest absolute Gasteiger partial charge is 0.222 e. The minimum absolute atomic E-state index is 0.348. The molecule has 0 saturated carbocycles. The van der Waals surface area contributed by atoms with E-state index in [1.807, 2.05) is 11.0 Å². The van der Waals surface area contributed by atoms with Gasteiger partial charge in [-0.1, -0.05) is 0 Å². The number of nitrogens with zero attached hydrogens (tertiary/aromatic N) is 4. The van der Waals surface area contributed by atoms with Crippen molar-refractivity contribution in [2.24, 2.45) is 5.92 Å². The van der Waals surface area contributed by atoms with Crippen LogP contribution in [0.5, 0.6) is 0 Å². The van der Waals surface area contributed by atoms with E-state index in [1.165, 1.54) is 25.7 Å². The van der Waals surface area contributed by atoms with Crippen LogP contribution in [-0.2, 0) is 4.79 Å². The third-order valence-corrected chi connectivity index (χ3v) is 5.08. The molecule has 3 rings (SSSR count). The van der Waals surface area contributed by atoms with Crippen molar-refractivity contribution >= 4 is 17.5 Å². The molecule has 0 spiro atoms. The first-order valence-corrected chi connectivity index (χ1v) is 9.35. The van der Waals surface area contributed by atoms with Gasteiger partial charge in [0.2, 0.25) is 5.91 Å². The lowest BCUT2D eigenvalue weighted by Crippen LogP contribution is -2.37. The number of hydrogen-bond donors (Lipinski definition) is 1. The molecule has 6 heteroatoms. The fourth-order valence-electron chi connectivity index (χ4n) is 3.76. The van der Waals surface area contributed by atoms with Gasteiger partial charge in [0.05, 0.1) is 0 Å². The summed E-state index contributed by atoms with van der Waals surface area (Å²) in [6.45, 7) is 6.89. The molecule has 2 saturated heterocycles. The highest BCUT2D eigenvalue weighted by atomic mass is 16.2. The number of rotatable bonds is 6. The third-order valence-electron chi connectivity index (χ3n) is 5.08. The van der Waals surface area contributed by atoms with Gasteiger partial charge in [0, 0.05) is 45.2 Å².